The van der Waals surface area contributed by atoms with Crippen molar-refractivity contribution in [2.75, 3.05) is 12.4 Å². The van der Waals surface area contributed by atoms with Crippen LogP contribution in [0.4, 0.5) is 10.2 Å². The zero-order chi connectivity index (χ0) is 14.5. The standard InChI is InChI=1S/C15H16BFN2O/c1-10(20-2)14-7-12(16)9-19-15(14)18-8-11-3-5-13(17)6-4-11/h3-7,9H,1,8,16H2,2H3,(H,18,19). The van der Waals surface area contributed by atoms with E-state index in [0.29, 0.717) is 18.1 Å². The molecule has 1 aromatic carbocycles. The molecule has 0 spiro atoms. The lowest BCUT2D eigenvalue weighted by Crippen LogP contribution is -2.11. The summed E-state index contributed by atoms with van der Waals surface area (Å²) in [5.74, 6) is 1.02. The smallest absolute Gasteiger partial charge is 0.141 e. The molecule has 1 N–H and O–H groups in total. The van der Waals surface area contributed by atoms with Gasteiger partial charge in [-0.2, -0.15) is 0 Å². The molecule has 0 radical (unpaired) electrons. The molecular formula is C15H16BFN2O. The van der Waals surface area contributed by atoms with Crippen LogP contribution in [0.5, 0.6) is 0 Å². The molecule has 0 amide bonds. The average Bonchev–Trinajstić information content (AvgIpc) is 2.46. The fourth-order valence-corrected chi connectivity index (χ4v) is 1.82. The molecule has 1 heterocycles. The highest BCUT2D eigenvalue weighted by Gasteiger charge is 2.08. The predicted molar refractivity (Wildman–Crippen MR) is 82.2 cm³/mol. The summed E-state index contributed by atoms with van der Waals surface area (Å²) in [6.07, 6.45) is 1.78. The van der Waals surface area contributed by atoms with Crippen LogP contribution in [0.3, 0.4) is 0 Å². The molecule has 2 aromatic rings. The maximum absolute atomic E-state index is 12.8. The first-order valence-electron chi connectivity index (χ1n) is 6.28. The van der Waals surface area contributed by atoms with Gasteiger partial charge >= 0.3 is 0 Å². The Kier molecular flexibility index (Phi) is 4.40. The summed E-state index contributed by atoms with van der Waals surface area (Å²) >= 11 is 0. The van der Waals surface area contributed by atoms with Crippen molar-refractivity contribution in [3.63, 3.8) is 0 Å². The van der Waals surface area contributed by atoms with Crippen molar-refractivity contribution in [2.24, 2.45) is 0 Å². The van der Waals surface area contributed by atoms with E-state index in [-0.39, 0.29) is 5.82 Å². The third-order valence-corrected chi connectivity index (χ3v) is 2.94. The number of hydrogen-bond acceptors (Lipinski definition) is 3. The second kappa shape index (κ2) is 6.24. The molecule has 0 aliphatic rings. The average molecular weight is 270 g/mol. The van der Waals surface area contributed by atoms with Crippen molar-refractivity contribution < 1.29 is 9.13 Å². The number of nitrogens with zero attached hydrogens (tertiary/aromatic N) is 1. The Hall–Kier alpha value is -2.30. The van der Waals surface area contributed by atoms with Crippen molar-refractivity contribution >= 4 is 24.9 Å². The van der Waals surface area contributed by atoms with Crippen molar-refractivity contribution in [1.82, 2.24) is 4.98 Å². The van der Waals surface area contributed by atoms with E-state index in [1.807, 2.05) is 13.9 Å². The van der Waals surface area contributed by atoms with Crippen LogP contribution in [0.15, 0.2) is 43.1 Å². The quantitative estimate of drug-likeness (QED) is 0.663. The number of benzene rings is 1. The van der Waals surface area contributed by atoms with E-state index in [1.54, 1.807) is 25.4 Å². The molecule has 0 saturated carbocycles. The lowest BCUT2D eigenvalue weighted by Gasteiger charge is -2.13. The third kappa shape index (κ3) is 3.38. The lowest BCUT2D eigenvalue weighted by atomic mass is 9.96. The second-order valence-corrected chi connectivity index (χ2v) is 4.52. The topological polar surface area (TPSA) is 34.2 Å². The number of pyridine rings is 1. The molecule has 0 fully saturated rings. The molecule has 3 nitrogen and oxygen atoms in total. The van der Waals surface area contributed by atoms with Crippen LogP contribution in [0, 0.1) is 5.82 Å². The lowest BCUT2D eigenvalue weighted by molar-refractivity contribution is 0.371. The summed E-state index contributed by atoms with van der Waals surface area (Å²) in [6.45, 7) is 4.42. The summed E-state index contributed by atoms with van der Waals surface area (Å²) in [6, 6.07) is 8.32. The Labute approximate surface area is 118 Å². The fourth-order valence-electron chi connectivity index (χ4n) is 1.82. The fraction of sp³-hybridized carbons (Fsp3) is 0.133. The highest BCUT2D eigenvalue weighted by atomic mass is 19.1. The largest absolute Gasteiger partial charge is 0.497 e. The van der Waals surface area contributed by atoms with Gasteiger partial charge in [0, 0.05) is 12.7 Å². The highest BCUT2D eigenvalue weighted by molar-refractivity contribution is 6.32. The van der Waals surface area contributed by atoms with Gasteiger partial charge < -0.3 is 10.1 Å². The summed E-state index contributed by atoms with van der Waals surface area (Å²) in [4.78, 5) is 4.35. The van der Waals surface area contributed by atoms with E-state index >= 15 is 0 Å². The Bertz CT molecular complexity index is 614. The van der Waals surface area contributed by atoms with E-state index in [9.17, 15) is 4.39 Å². The van der Waals surface area contributed by atoms with Gasteiger partial charge in [0.05, 0.1) is 12.7 Å². The molecule has 0 aliphatic carbocycles. The zero-order valence-corrected chi connectivity index (χ0v) is 11.6. The van der Waals surface area contributed by atoms with Crippen LogP contribution in [-0.4, -0.2) is 19.9 Å². The molecule has 20 heavy (non-hydrogen) atoms. The van der Waals surface area contributed by atoms with Crippen LogP contribution in [0.1, 0.15) is 11.1 Å². The number of nitrogens with one attached hydrogen (secondary N) is 1. The van der Waals surface area contributed by atoms with Gasteiger partial charge in [-0.15, -0.1) is 0 Å². The molecular weight excluding hydrogens is 254 g/mol. The minimum Gasteiger partial charge on any atom is -0.497 e. The number of methoxy groups -OCH3 is 1. The highest BCUT2D eigenvalue weighted by Crippen LogP contribution is 2.20. The first kappa shape index (κ1) is 14.1. The molecule has 2 rings (SSSR count). The Morgan fingerprint density at radius 2 is 2.10 bits per heavy atom. The van der Waals surface area contributed by atoms with Crippen LogP contribution >= 0.6 is 0 Å². The maximum Gasteiger partial charge on any atom is 0.141 e. The molecule has 0 atom stereocenters. The Morgan fingerprint density at radius 1 is 1.40 bits per heavy atom. The summed E-state index contributed by atoms with van der Waals surface area (Å²) in [5, 5.41) is 3.22. The van der Waals surface area contributed by atoms with Gasteiger partial charge in [0.1, 0.15) is 25.2 Å². The summed E-state index contributed by atoms with van der Waals surface area (Å²) in [7, 11) is 3.54. The van der Waals surface area contributed by atoms with Gasteiger partial charge in [-0.05, 0) is 17.7 Å². The van der Waals surface area contributed by atoms with E-state index in [4.69, 9.17) is 4.74 Å². The van der Waals surface area contributed by atoms with E-state index in [1.165, 1.54) is 12.1 Å². The molecule has 0 saturated heterocycles. The first-order chi connectivity index (χ1) is 9.60. The van der Waals surface area contributed by atoms with Gasteiger partial charge in [0.25, 0.3) is 0 Å². The van der Waals surface area contributed by atoms with Crippen LogP contribution < -0.4 is 10.8 Å². The van der Waals surface area contributed by atoms with Gasteiger partial charge in [-0.1, -0.05) is 30.2 Å². The number of aromatic nitrogens is 1. The minimum atomic E-state index is -0.240. The van der Waals surface area contributed by atoms with E-state index in [0.717, 1.165) is 16.6 Å². The number of halogens is 1. The normalized spacial score (nSPS) is 10.1. The molecule has 102 valence electrons. The van der Waals surface area contributed by atoms with Crippen LogP contribution in [0.2, 0.25) is 0 Å². The Morgan fingerprint density at radius 3 is 2.75 bits per heavy atom. The number of rotatable bonds is 5. The second-order valence-electron chi connectivity index (χ2n) is 4.52. The van der Waals surface area contributed by atoms with Crippen molar-refractivity contribution in [1.29, 1.82) is 0 Å². The molecule has 5 heteroatoms. The first-order valence-corrected chi connectivity index (χ1v) is 6.28. The third-order valence-electron chi connectivity index (χ3n) is 2.94. The van der Waals surface area contributed by atoms with Crippen molar-refractivity contribution in [2.45, 2.75) is 6.54 Å². The van der Waals surface area contributed by atoms with E-state index < -0.39 is 0 Å². The minimum absolute atomic E-state index is 0.240. The zero-order valence-electron chi connectivity index (χ0n) is 11.6. The number of anilines is 1. The number of ether oxygens (including phenoxy) is 1. The van der Waals surface area contributed by atoms with Gasteiger partial charge in [0.2, 0.25) is 0 Å². The van der Waals surface area contributed by atoms with Gasteiger partial charge in [0.15, 0.2) is 0 Å². The number of hydrogen-bond donors (Lipinski definition) is 1. The summed E-state index contributed by atoms with van der Waals surface area (Å²) in [5.41, 5.74) is 2.84. The maximum atomic E-state index is 12.8. The predicted octanol–water partition coefficient (Wildman–Crippen LogP) is 1.71. The van der Waals surface area contributed by atoms with Crippen molar-refractivity contribution in [3.8, 4) is 0 Å². The molecule has 0 aliphatic heterocycles. The van der Waals surface area contributed by atoms with E-state index in [2.05, 4.69) is 16.9 Å². The monoisotopic (exact) mass is 270 g/mol. The van der Waals surface area contributed by atoms with Gasteiger partial charge in [-0.3, -0.25) is 0 Å². The van der Waals surface area contributed by atoms with Crippen LogP contribution in [0.25, 0.3) is 5.76 Å². The molecule has 0 bridgehead atoms. The molecule has 0 unspecified atom stereocenters. The van der Waals surface area contributed by atoms with Gasteiger partial charge in [-0.25, -0.2) is 9.37 Å². The van der Waals surface area contributed by atoms with Crippen molar-refractivity contribution in [3.05, 3.63) is 60.1 Å². The molecule has 1 aromatic heterocycles. The summed E-state index contributed by atoms with van der Waals surface area (Å²) < 4.78 is 18.0. The Balaban J connectivity index is 2.16. The SMILES string of the molecule is Bc1cnc(NCc2ccc(F)cc2)c(C(=C)OC)c1. The van der Waals surface area contributed by atoms with Crippen LogP contribution in [-0.2, 0) is 11.3 Å².